The molecule has 1 N–H and O–H groups in total. The molecule has 1 aromatic rings. The van der Waals surface area contributed by atoms with Crippen molar-refractivity contribution in [1.82, 2.24) is 4.90 Å². The summed E-state index contributed by atoms with van der Waals surface area (Å²) in [5.74, 6) is -0.228. The normalized spacial score (nSPS) is 37.8. The van der Waals surface area contributed by atoms with Crippen LogP contribution in [0.2, 0.25) is 0 Å². The highest BCUT2D eigenvalue weighted by Crippen LogP contribution is 2.67. The molecule has 1 aromatic carbocycles. The molecule has 2 bridgehead atoms. The number of ether oxygens (including phenoxy) is 1. The Morgan fingerprint density at radius 1 is 1.27 bits per heavy atom. The second-order valence-electron chi connectivity index (χ2n) is 6.67. The minimum absolute atomic E-state index is 0.0503. The van der Waals surface area contributed by atoms with E-state index in [1.807, 2.05) is 37.3 Å². The van der Waals surface area contributed by atoms with Crippen LogP contribution in [-0.4, -0.2) is 34.2 Å². The predicted molar refractivity (Wildman–Crippen MR) is 77.9 cm³/mol. The monoisotopic (exact) mass is 301 g/mol. The number of benzene rings is 1. The number of fused-ring (bicyclic) bond motifs is 5. The van der Waals surface area contributed by atoms with Gasteiger partial charge in [-0.05, 0) is 36.7 Å². The van der Waals surface area contributed by atoms with Crippen LogP contribution in [0.5, 0.6) is 0 Å². The Balaban J connectivity index is 1.43. The van der Waals surface area contributed by atoms with E-state index in [1.54, 1.807) is 4.90 Å². The second-order valence-corrected chi connectivity index (χ2v) is 6.67. The molecule has 0 spiro atoms. The first-order valence-electron chi connectivity index (χ1n) is 7.81. The molecule has 116 valence electrons. The summed E-state index contributed by atoms with van der Waals surface area (Å²) in [5.41, 5.74) is 0.959. The highest BCUT2D eigenvalue weighted by Gasteiger charge is 2.73. The molecule has 2 aliphatic carbocycles. The summed E-state index contributed by atoms with van der Waals surface area (Å²) in [6, 6.07) is 9.72. The Hall–Kier alpha value is -2.04. The van der Waals surface area contributed by atoms with Crippen molar-refractivity contribution in [2.24, 2.45) is 23.7 Å². The van der Waals surface area contributed by atoms with Crippen LogP contribution >= 0.6 is 0 Å². The van der Waals surface area contributed by atoms with Gasteiger partial charge in [0.05, 0.1) is 5.92 Å². The largest absolute Gasteiger partial charge is 0.481 e. The fraction of sp³-hybridized carbons (Fsp3) is 0.529. The van der Waals surface area contributed by atoms with E-state index >= 15 is 0 Å². The molecule has 0 aromatic heterocycles. The standard InChI is InChI=1S/C17H19NO4/c1-9-11-7-12(14-13(11)15(14)16(19)20)18(9)17(21)22-8-10-5-3-2-4-6-10/h2-6,9,11-15H,7-8H2,1H3,(H,19,20). The maximum absolute atomic E-state index is 12.4. The summed E-state index contributed by atoms with van der Waals surface area (Å²) >= 11 is 0. The Kier molecular flexibility index (Phi) is 2.93. The molecule has 3 fully saturated rings. The smallest absolute Gasteiger partial charge is 0.410 e. The third kappa shape index (κ3) is 1.84. The molecule has 0 radical (unpaired) electrons. The second kappa shape index (κ2) is 4.73. The summed E-state index contributed by atoms with van der Waals surface area (Å²) in [5, 5.41) is 9.25. The highest BCUT2D eigenvalue weighted by atomic mass is 16.6. The number of likely N-dealkylation sites (tertiary alicyclic amines) is 1. The van der Waals surface area contributed by atoms with E-state index in [1.165, 1.54) is 0 Å². The average Bonchev–Trinajstić information content (AvgIpc) is 3.05. The summed E-state index contributed by atoms with van der Waals surface area (Å²) < 4.78 is 5.44. The summed E-state index contributed by atoms with van der Waals surface area (Å²) in [4.78, 5) is 25.5. The van der Waals surface area contributed by atoms with Gasteiger partial charge in [-0.1, -0.05) is 30.3 Å². The molecule has 1 heterocycles. The first kappa shape index (κ1) is 13.6. The number of carbonyl (C=O) groups excluding carboxylic acids is 1. The van der Waals surface area contributed by atoms with Crippen molar-refractivity contribution in [3.63, 3.8) is 0 Å². The lowest BCUT2D eigenvalue weighted by atomic mass is 9.96. The fourth-order valence-corrected chi connectivity index (χ4v) is 4.75. The number of carboxylic acids is 1. The number of hydrogen-bond acceptors (Lipinski definition) is 3. The molecule has 3 aliphatic rings. The Labute approximate surface area is 128 Å². The molecule has 1 aliphatic heterocycles. The van der Waals surface area contributed by atoms with Gasteiger partial charge in [0, 0.05) is 12.1 Å². The van der Waals surface area contributed by atoms with E-state index in [9.17, 15) is 14.7 Å². The molecule has 2 saturated carbocycles. The van der Waals surface area contributed by atoms with Gasteiger partial charge in [0.25, 0.3) is 0 Å². The van der Waals surface area contributed by atoms with Gasteiger partial charge in [-0.2, -0.15) is 0 Å². The molecule has 22 heavy (non-hydrogen) atoms. The van der Waals surface area contributed by atoms with E-state index in [0.29, 0.717) is 5.92 Å². The predicted octanol–water partition coefficient (Wildman–Crippen LogP) is 2.36. The highest BCUT2D eigenvalue weighted by molar-refractivity contribution is 5.77. The van der Waals surface area contributed by atoms with Crippen molar-refractivity contribution in [3.8, 4) is 0 Å². The van der Waals surface area contributed by atoms with Crippen molar-refractivity contribution >= 4 is 12.1 Å². The zero-order chi connectivity index (χ0) is 15.4. The van der Waals surface area contributed by atoms with E-state index in [-0.39, 0.29) is 42.5 Å². The maximum atomic E-state index is 12.4. The van der Waals surface area contributed by atoms with Gasteiger partial charge in [-0.3, -0.25) is 4.79 Å². The number of aliphatic carboxylic acids is 1. The molecule has 6 atom stereocenters. The van der Waals surface area contributed by atoms with Crippen molar-refractivity contribution in [3.05, 3.63) is 35.9 Å². The van der Waals surface area contributed by atoms with Crippen LogP contribution in [0.25, 0.3) is 0 Å². The minimum atomic E-state index is -0.712. The van der Waals surface area contributed by atoms with Gasteiger partial charge in [0.2, 0.25) is 0 Å². The number of nitrogens with zero attached hydrogens (tertiary/aromatic N) is 1. The summed E-state index contributed by atoms with van der Waals surface area (Å²) in [6.45, 7) is 2.28. The zero-order valence-corrected chi connectivity index (χ0v) is 12.4. The maximum Gasteiger partial charge on any atom is 0.410 e. The number of carbonyl (C=O) groups is 2. The topological polar surface area (TPSA) is 66.8 Å². The number of rotatable bonds is 3. The van der Waals surface area contributed by atoms with Crippen molar-refractivity contribution in [2.75, 3.05) is 0 Å². The van der Waals surface area contributed by atoms with E-state index in [4.69, 9.17) is 4.74 Å². The third-order valence-corrected chi connectivity index (χ3v) is 5.70. The van der Waals surface area contributed by atoms with Crippen LogP contribution in [0.4, 0.5) is 4.79 Å². The van der Waals surface area contributed by atoms with Gasteiger partial charge in [0.1, 0.15) is 6.61 Å². The van der Waals surface area contributed by atoms with Crippen molar-refractivity contribution in [1.29, 1.82) is 0 Å². The fourth-order valence-electron chi connectivity index (χ4n) is 4.75. The molecule has 6 unspecified atom stereocenters. The van der Waals surface area contributed by atoms with Crippen LogP contribution < -0.4 is 0 Å². The Morgan fingerprint density at radius 2 is 2.00 bits per heavy atom. The summed E-state index contributed by atoms with van der Waals surface area (Å²) in [7, 11) is 0. The molecule has 1 amide bonds. The van der Waals surface area contributed by atoms with E-state index in [0.717, 1.165) is 12.0 Å². The van der Waals surface area contributed by atoms with Crippen LogP contribution in [0, 0.1) is 23.7 Å². The molecule has 5 heteroatoms. The van der Waals surface area contributed by atoms with Crippen LogP contribution in [-0.2, 0) is 16.1 Å². The number of hydrogen-bond donors (Lipinski definition) is 1. The van der Waals surface area contributed by atoms with Gasteiger partial charge in [-0.15, -0.1) is 0 Å². The Morgan fingerprint density at radius 3 is 2.68 bits per heavy atom. The minimum Gasteiger partial charge on any atom is -0.481 e. The number of amides is 1. The number of piperidine rings is 1. The van der Waals surface area contributed by atoms with Gasteiger partial charge < -0.3 is 14.7 Å². The first-order chi connectivity index (χ1) is 10.6. The number of carboxylic acid groups (broad SMARTS) is 1. The third-order valence-electron chi connectivity index (χ3n) is 5.70. The van der Waals surface area contributed by atoms with Gasteiger partial charge >= 0.3 is 12.1 Å². The van der Waals surface area contributed by atoms with Crippen LogP contribution in [0.15, 0.2) is 30.3 Å². The molecular weight excluding hydrogens is 282 g/mol. The average molecular weight is 301 g/mol. The van der Waals surface area contributed by atoms with Crippen molar-refractivity contribution < 1.29 is 19.4 Å². The zero-order valence-electron chi connectivity index (χ0n) is 12.4. The molecule has 4 rings (SSSR count). The van der Waals surface area contributed by atoms with E-state index < -0.39 is 5.97 Å². The van der Waals surface area contributed by atoms with Crippen LogP contribution in [0.3, 0.4) is 0 Å². The van der Waals surface area contributed by atoms with Gasteiger partial charge in [0.15, 0.2) is 0 Å². The quantitative estimate of drug-likeness (QED) is 0.930. The summed E-state index contributed by atoms with van der Waals surface area (Å²) in [6.07, 6.45) is 0.624. The van der Waals surface area contributed by atoms with Crippen LogP contribution in [0.1, 0.15) is 18.9 Å². The van der Waals surface area contributed by atoms with E-state index in [2.05, 4.69) is 0 Å². The molecule has 5 nitrogen and oxygen atoms in total. The molecule has 1 saturated heterocycles. The molecular formula is C17H19NO4. The first-order valence-corrected chi connectivity index (χ1v) is 7.81. The lowest BCUT2D eigenvalue weighted by Crippen LogP contribution is -2.44. The SMILES string of the molecule is CC1C2CC(C3C(C(=O)O)C23)N1C(=O)OCc1ccccc1. The van der Waals surface area contributed by atoms with Gasteiger partial charge in [-0.25, -0.2) is 4.79 Å². The lowest BCUT2D eigenvalue weighted by Gasteiger charge is -2.31. The van der Waals surface area contributed by atoms with Crippen molar-refractivity contribution in [2.45, 2.75) is 32.0 Å². The lowest BCUT2D eigenvalue weighted by molar-refractivity contribution is -0.139. The Bertz CT molecular complexity index is 616.